The second-order valence-corrected chi connectivity index (χ2v) is 10.6. The maximum atomic E-state index is 13.2. The minimum atomic E-state index is -0.220. The van der Waals surface area contributed by atoms with Gasteiger partial charge in [0.15, 0.2) is 5.16 Å². The fourth-order valence-electron chi connectivity index (χ4n) is 3.58. The Bertz CT molecular complexity index is 1150. The molecule has 3 heterocycles. The van der Waals surface area contributed by atoms with Gasteiger partial charge in [-0.05, 0) is 31.2 Å². The molecule has 1 aliphatic rings. The molecule has 9 heteroatoms. The number of hydrogen-bond acceptors (Lipinski definition) is 7. The maximum Gasteiger partial charge on any atom is 0.263 e. The van der Waals surface area contributed by atoms with E-state index in [-0.39, 0.29) is 22.6 Å². The van der Waals surface area contributed by atoms with Crippen molar-refractivity contribution in [3.8, 4) is 0 Å². The lowest BCUT2D eigenvalue weighted by atomic mass is 9.92. The lowest BCUT2D eigenvalue weighted by molar-refractivity contribution is -0.113. The lowest BCUT2D eigenvalue weighted by Crippen LogP contribution is -2.24. The van der Waals surface area contributed by atoms with E-state index in [9.17, 15) is 9.59 Å². The van der Waals surface area contributed by atoms with Crippen LogP contribution in [0.3, 0.4) is 0 Å². The van der Waals surface area contributed by atoms with Crippen LogP contribution in [0, 0.1) is 0 Å². The standard InChI is InChI=1S/C21H26N4O3S2/c1-5-9-25-19(27)17-12-7-6-8-13(12)30-18(17)23-20(25)29-11-15(26)22-16-10-14(24-28-16)21(2,3)4/h10H,5-9,11H2,1-4H3,(H,22,26). The Kier molecular flexibility index (Phi) is 5.76. The van der Waals surface area contributed by atoms with Gasteiger partial charge in [0.2, 0.25) is 11.8 Å². The van der Waals surface area contributed by atoms with Crippen LogP contribution in [-0.2, 0) is 29.6 Å². The molecule has 7 nitrogen and oxygen atoms in total. The summed E-state index contributed by atoms with van der Waals surface area (Å²) in [5, 5.41) is 8.13. The number of fused-ring (bicyclic) bond motifs is 3. The largest absolute Gasteiger partial charge is 0.338 e. The number of rotatable bonds is 6. The summed E-state index contributed by atoms with van der Waals surface area (Å²) >= 11 is 2.90. The van der Waals surface area contributed by atoms with Crippen molar-refractivity contribution in [3.05, 3.63) is 32.6 Å². The van der Waals surface area contributed by atoms with Gasteiger partial charge in [-0.3, -0.25) is 19.5 Å². The van der Waals surface area contributed by atoms with Gasteiger partial charge in [0.05, 0.1) is 16.8 Å². The second kappa shape index (κ2) is 8.19. The monoisotopic (exact) mass is 446 g/mol. The Morgan fingerprint density at radius 1 is 1.37 bits per heavy atom. The summed E-state index contributed by atoms with van der Waals surface area (Å²) in [5.41, 5.74) is 1.83. The number of thioether (sulfide) groups is 1. The van der Waals surface area contributed by atoms with Gasteiger partial charge in [0, 0.05) is 22.9 Å². The molecule has 0 aliphatic heterocycles. The molecule has 1 N–H and O–H groups in total. The minimum absolute atomic E-state index is 0.0224. The first kappa shape index (κ1) is 21.1. The summed E-state index contributed by atoms with van der Waals surface area (Å²) in [7, 11) is 0. The van der Waals surface area contributed by atoms with Gasteiger partial charge in [-0.15, -0.1) is 11.3 Å². The molecule has 0 radical (unpaired) electrons. The van der Waals surface area contributed by atoms with Crippen LogP contribution < -0.4 is 10.9 Å². The fraction of sp³-hybridized carbons (Fsp3) is 0.524. The van der Waals surface area contributed by atoms with Crippen molar-refractivity contribution in [1.82, 2.24) is 14.7 Å². The Labute approximate surface area is 183 Å². The van der Waals surface area contributed by atoms with Crippen LogP contribution in [0.5, 0.6) is 0 Å². The first-order chi connectivity index (χ1) is 14.3. The molecule has 30 heavy (non-hydrogen) atoms. The molecule has 0 spiro atoms. The number of hydrogen-bond donors (Lipinski definition) is 1. The van der Waals surface area contributed by atoms with E-state index in [1.807, 2.05) is 27.7 Å². The number of aryl methyl sites for hydroxylation is 2. The van der Waals surface area contributed by atoms with E-state index in [4.69, 9.17) is 9.51 Å². The van der Waals surface area contributed by atoms with Crippen molar-refractivity contribution in [2.45, 2.75) is 70.5 Å². The highest BCUT2D eigenvalue weighted by molar-refractivity contribution is 7.99. The van der Waals surface area contributed by atoms with Crippen LogP contribution in [0.2, 0.25) is 0 Å². The highest BCUT2D eigenvalue weighted by Gasteiger charge is 2.24. The van der Waals surface area contributed by atoms with Gasteiger partial charge < -0.3 is 4.52 Å². The molecule has 3 aromatic heterocycles. The molecule has 0 unspecified atom stereocenters. The van der Waals surface area contributed by atoms with E-state index in [0.717, 1.165) is 41.6 Å². The summed E-state index contributed by atoms with van der Waals surface area (Å²) in [6.07, 6.45) is 3.93. The predicted molar refractivity (Wildman–Crippen MR) is 121 cm³/mol. The van der Waals surface area contributed by atoms with Crippen LogP contribution in [-0.4, -0.2) is 26.4 Å². The number of carbonyl (C=O) groups excluding carboxylic acids is 1. The van der Waals surface area contributed by atoms with Crippen molar-refractivity contribution in [3.63, 3.8) is 0 Å². The zero-order valence-corrected chi connectivity index (χ0v) is 19.3. The molecule has 160 valence electrons. The molecular weight excluding hydrogens is 420 g/mol. The third-order valence-corrected chi connectivity index (χ3v) is 7.27. The fourth-order valence-corrected chi connectivity index (χ4v) is 5.71. The van der Waals surface area contributed by atoms with Crippen LogP contribution in [0.25, 0.3) is 10.2 Å². The molecular formula is C21H26N4O3S2. The van der Waals surface area contributed by atoms with E-state index < -0.39 is 0 Å². The second-order valence-electron chi connectivity index (χ2n) is 8.55. The maximum absolute atomic E-state index is 13.2. The van der Waals surface area contributed by atoms with Gasteiger partial charge in [0.1, 0.15) is 4.83 Å². The molecule has 0 bridgehead atoms. The summed E-state index contributed by atoms with van der Waals surface area (Å²) in [6, 6.07) is 1.74. The SMILES string of the molecule is CCCn1c(SCC(=O)Nc2cc(C(C)(C)C)no2)nc2sc3c(c2c1=O)CCC3. The third kappa shape index (κ3) is 4.05. The average Bonchev–Trinajstić information content (AvgIpc) is 3.37. The first-order valence-electron chi connectivity index (χ1n) is 10.2. The van der Waals surface area contributed by atoms with Crippen LogP contribution in [0.1, 0.15) is 56.7 Å². The number of aromatic nitrogens is 3. The Balaban J connectivity index is 1.53. The molecule has 0 fully saturated rings. The normalized spacial score (nSPS) is 13.7. The summed E-state index contributed by atoms with van der Waals surface area (Å²) in [4.78, 5) is 32.5. The minimum Gasteiger partial charge on any atom is -0.338 e. The highest BCUT2D eigenvalue weighted by atomic mass is 32.2. The van der Waals surface area contributed by atoms with Gasteiger partial charge in [-0.25, -0.2) is 4.98 Å². The summed E-state index contributed by atoms with van der Waals surface area (Å²) in [5.74, 6) is 0.246. The van der Waals surface area contributed by atoms with Crippen molar-refractivity contribution in [1.29, 1.82) is 0 Å². The van der Waals surface area contributed by atoms with E-state index in [1.165, 1.54) is 22.2 Å². The van der Waals surface area contributed by atoms with Crippen molar-refractivity contribution in [2.75, 3.05) is 11.1 Å². The molecule has 1 aliphatic carbocycles. The Morgan fingerprint density at radius 3 is 2.87 bits per heavy atom. The average molecular weight is 447 g/mol. The third-order valence-electron chi connectivity index (χ3n) is 5.11. The van der Waals surface area contributed by atoms with E-state index in [2.05, 4.69) is 10.5 Å². The van der Waals surface area contributed by atoms with Crippen LogP contribution in [0.15, 0.2) is 20.5 Å². The van der Waals surface area contributed by atoms with Gasteiger partial charge >= 0.3 is 0 Å². The van der Waals surface area contributed by atoms with E-state index in [1.54, 1.807) is 22.0 Å². The van der Waals surface area contributed by atoms with Crippen LogP contribution in [0.4, 0.5) is 5.88 Å². The Morgan fingerprint density at radius 2 is 2.17 bits per heavy atom. The summed E-state index contributed by atoms with van der Waals surface area (Å²) < 4.78 is 6.95. The predicted octanol–water partition coefficient (Wildman–Crippen LogP) is 4.37. The number of nitrogens with one attached hydrogen (secondary N) is 1. The number of amides is 1. The first-order valence-corrected chi connectivity index (χ1v) is 12.0. The zero-order chi connectivity index (χ0) is 21.5. The van der Waals surface area contributed by atoms with E-state index >= 15 is 0 Å². The number of anilines is 1. The molecule has 0 saturated carbocycles. The van der Waals surface area contributed by atoms with Crippen molar-refractivity contribution in [2.24, 2.45) is 0 Å². The molecule has 0 aromatic carbocycles. The van der Waals surface area contributed by atoms with E-state index in [0.29, 0.717) is 17.6 Å². The zero-order valence-electron chi connectivity index (χ0n) is 17.7. The van der Waals surface area contributed by atoms with Crippen molar-refractivity contribution < 1.29 is 9.32 Å². The van der Waals surface area contributed by atoms with Crippen LogP contribution >= 0.6 is 23.1 Å². The number of nitrogens with zero attached hydrogens (tertiary/aromatic N) is 3. The number of thiophene rings is 1. The highest BCUT2D eigenvalue weighted by Crippen LogP contribution is 2.35. The van der Waals surface area contributed by atoms with Gasteiger partial charge in [0.25, 0.3) is 5.56 Å². The Hall–Kier alpha value is -2.13. The molecule has 0 saturated heterocycles. The van der Waals surface area contributed by atoms with Gasteiger partial charge in [-0.2, -0.15) is 0 Å². The topological polar surface area (TPSA) is 90.0 Å². The lowest BCUT2D eigenvalue weighted by Gasteiger charge is -2.12. The summed E-state index contributed by atoms with van der Waals surface area (Å²) in [6.45, 7) is 8.71. The van der Waals surface area contributed by atoms with Gasteiger partial charge in [-0.1, -0.05) is 44.6 Å². The van der Waals surface area contributed by atoms with Crippen molar-refractivity contribution >= 4 is 45.1 Å². The molecule has 4 rings (SSSR count). The molecule has 0 atom stereocenters. The molecule has 3 aromatic rings. The number of carbonyl (C=O) groups is 1. The quantitative estimate of drug-likeness (QED) is 0.447. The smallest absolute Gasteiger partial charge is 0.263 e. The molecule has 1 amide bonds.